The third-order valence-electron chi connectivity index (χ3n) is 5.16. The molecule has 0 heterocycles. The van der Waals surface area contributed by atoms with Gasteiger partial charge in [0.2, 0.25) is 0 Å². The maximum atomic E-state index is 14.0. The summed E-state index contributed by atoms with van der Waals surface area (Å²) in [4.78, 5) is 27.9. The van der Waals surface area contributed by atoms with Crippen molar-refractivity contribution in [1.29, 1.82) is 0 Å². The van der Waals surface area contributed by atoms with Gasteiger partial charge in [0.05, 0.1) is 0 Å². The van der Waals surface area contributed by atoms with Gasteiger partial charge in [0.15, 0.2) is 0 Å². The van der Waals surface area contributed by atoms with Crippen molar-refractivity contribution in [1.82, 2.24) is 0 Å². The second kappa shape index (κ2) is 11.2. The van der Waals surface area contributed by atoms with Gasteiger partial charge in [-0.25, -0.2) is 0 Å². The van der Waals surface area contributed by atoms with Crippen LogP contribution in [0.4, 0.5) is 0 Å². The van der Waals surface area contributed by atoms with Crippen LogP contribution < -0.4 is 0 Å². The molecular weight excluding hydrogens is 511 g/mol. The number of halogens is 4. The molecule has 0 fully saturated rings. The predicted octanol–water partition coefficient (Wildman–Crippen LogP) is 8.49. The Kier molecular flexibility index (Phi) is 9.56. The van der Waals surface area contributed by atoms with Gasteiger partial charge in [-0.05, 0) is 0 Å². The van der Waals surface area contributed by atoms with Gasteiger partial charge in [-0.2, -0.15) is 0 Å². The summed E-state index contributed by atoms with van der Waals surface area (Å²) in [7, 11) is 0. The first-order chi connectivity index (χ1) is 13.8. The fourth-order valence-corrected chi connectivity index (χ4v) is 15.4. The molecule has 2 aromatic carbocycles. The van der Waals surface area contributed by atoms with Gasteiger partial charge >= 0.3 is 196 Å². The van der Waals surface area contributed by atoms with Crippen LogP contribution in [0.1, 0.15) is 60.2 Å². The predicted molar refractivity (Wildman–Crippen MR) is 127 cm³/mol. The van der Waals surface area contributed by atoms with E-state index >= 15 is 0 Å². The van der Waals surface area contributed by atoms with E-state index in [1.807, 2.05) is 13.8 Å². The molecule has 0 aliphatic rings. The third kappa shape index (κ3) is 5.40. The Hall–Kier alpha value is -0.517. The summed E-state index contributed by atoms with van der Waals surface area (Å²) < 4.78 is -0.355. The average Bonchev–Trinajstić information content (AvgIpc) is 2.68. The van der Waals surface area contributed by atoms with Crippen LogP contribution in [0.25, 0.3) is 0 Å². The number of benzene rings is 2. The second-order valence-corrected chi connectivity index (χ2v) is 17.3. The van der Waals surface area contributed by atoms with Crippen LogP contribution in [-0.2, 0) is 0 Å². The first kappa shape index (κ1) is 24.7. The molecule has 0 aliphatic heterocycles. The molecule has 0 amide bonds. The molecule has 0 aliphatic carbocycles. The van der Waals surface area contributed by atoms with Gasteiger partial charge in [0.1, 0.15) is 0 Å². The van der Waals surface area contributed by atoms with Gasteiger partial charge in [0, 0.05) is 0 Å². The van der Waals surface area contributed by atoms with E-state index in [-0.39, 0.29) is 40.4 Å². The Morgan fingerprint density at radius 3 is 1.28 bits per heavy atom. The van der Waals surface area contributed by atoms with E-state index in [1.165, 1.54) is 0 Å². The molecule has 0 N–H and O–H groups in total. The number of hydrogen-bond acceptors (Lipinski definition) is 2. The quantitative estimate of drug-likeness (QED) is 0.286. The summed E-state index contributed by atoms with van der Waals surface area (Å²) in [6, 6.07) is 9.95. The molecule has 0 atom stereocenters. The van der Waals surface area contributed by atoms with Crippen molar-refractivity contribution in [3.8, 4) is 0 Å². The fourth-order valence-electron chi connectivity index (χ4n) is 3.55. The molecule has 2 aromatic rings. The van der Waals surface area contributed by atoms with E-state index in [0.29, 0.717) is 10.5 Å². The SMILES string of the molecule is CCC[CH2][Ge]([CH2]CCC)([C](=O)c1c(Cl)cccc1Cl)[C](=O)c1c(Cl)cccc1Cl. The first-order valence-electron chi connectivity index (χ1n) is 9.77. The normalized spacial score (nSPS) is 11.5. The fraction of sp³-hybridized carbons (Fsp3) is 0.364. The van der Waals surface area contributed by atoms with Crippen molar-refractivity contribution >= 4 is 68.9 Å². The summed E-state index contributed by atoms with van der Waals surface area (Å²) in [6.45, 7) is 4.10. The van der Waals surface area contributed by atoms with E-state index in [9.17, 15) is 9.59 Å². The molecule has 2 rings (SSSR count). The van der Waals surface area contributed by atoms with Crippen molar-refractivity contribution in [3.63, 3.8) is 0 Å². The Morgan fingerprint density at radius 2 is 1.00 bits per heavy atom. The first-order valence-corrected chi connectivity index (χ1v) is 16.4. The molecule has 0 unspecified atom stereocenters. The van der Waals surface area contributed by atoms with Crippen LogP contribution in [0.2, 0.25) is 30.6 Å². The number of unbranched alkanes of at least 4 members (excludes halogenated alkanes) is 2. The third-order valence-corrected chi connectivity index (χ3v) is 16.2. The molecule has 0 spiro atoms. The molecule has 0 saturated carbocycles. The summed E-state index contributed by atoms with van der Waals surface area (Å²) in [5, 5.41) is 2.26. The molecular formula is C22H24Cl4GeO2. The van der Waals surface area contributed by atoms with Crippen molar-refractivity contribution in [2.45, 2.75) is 50.0 Å². The summed E-state index contributed by atoms with van der Waals surface area (Å²) in [5.74, 6) is 0. The van der Waals surface area contributed by atoms with Crippen molar-refractivity contribution in [2.75, 3.05) is 0 Å². The Bertz CT molecular complexity index is 784. The van der Waals surface area contributed by atoms with Crippen LogP contribution in [0.3, 0.4) is 0 Å². The Balaban J connectivity index is 2.73. The molecule has 0 saturated heterocycles. The molecule has 2 nitrogen and oxygen atoms in total. The van der Waals surface area contributed by atoms with E-state index in [1.54, 1.807) is 36.4 Å². The van der Waals surface area contributed by atoms with E-state index < -0.39 is 13.3 Å². The van der Waals surface area contributed by atoms with Crippen molar-refractivity contribution in [2.24, 2.45) is 0 Å². The number of hydrogen-bond donors (Lipinski definition) is 0. The maximum absolute atomic E-state index is 14.0. The minimum atomic E-state index is -3.95. The monoisotopic (exact) mass is 534 g/mol. The van der Waals surface area contributed by atoms with Crippen LogP contribution >= 0.6 is 46.4 Å². The van der Waals surface area contributed by atoms with Crippen LogP contribution in [0.15, 0.2) is 36.4 Å². The van der Waals surface area contributed by atoms with Gasteiger partial charge in [-0.1, -0.05) is 0 Å². The molecule has 0 bridgehead atoms. The number of rotatable bonds is 10. The van der Waals surface area contributed by atoms with Crippen molar-refractivity contribution in [3.05, 3.63) is 67.6 Å². The van der Waals surface area contributed by atoms with Gasteiger partial charge in [-0.15, -0.1) is 0 Å². The zero-order valence-corrected chi connectivity index (χ0v) is 21.7. The van der Waals surface area contributed by atoms with Crippen LogP contribution in [0, 0.1) is 0 Å². The summed E-state index contributed by atoms with van der Waals surface area (Å²) in [6.07, 6.45) is 3.33. The standard InChI is InChI=1S/C22H24Cl4GeO2/c1-3-5-13-27(14-6-4-2,21(28)19-15(23)9-7-10-16(19)24)22(29)20-17(25)11-8-12-18(20)26/h7-12H,3-6,13-14H2,1-2H3. The van der Waals surface area contributed by atoms with Crippen molar-refractivity contribution < 1.29 is 9.59 Å². The molecule has 156 valence electrons. The summed E-state index contributed by atoms with van der Waals surface area (Å²) >= 11 is 21.5. The number of carbonyl (C=O) groups is 2. The Morgan fingerprint density at radius 1 is 0.690 bits per heavy atom. The van der Waals surface area contributed by atoms with Crippen LogP contribution in [0.5, 0.6) is 0 Å². The minimum absolute atomic E-state index is 0.177. The average molecular weight is 535 g/mol. The summed E-state index contributed by atoms with van der Waals surface area (Å²) in [5.41, 5.74) is 0.527. The molecule has 0 radical (unpaired) electrons. The van der Waals surface area contributed by atoms with Gasteiger partial charge in [0.25, 0.3) is 0 Å². The van der Waals surface area contributed by atoms with E-state index in [4.69, 9.17) is 46.4 Å². The topological polar surface area (TPSA) is 34.1 Å². The molecule has 29 heavy (non-hydrogen) atoms. The zero-order valence-electron chi connectivity index (χ0n) is 16.5. The Labute approximate surface area is 195 Å². The molecule has 7 heteroatoms. The van der Waals surface area contributed by atoms with E-state index in [2.05, 4.69) is 0 Å². The second-order valence-electron chi connectivity index (χ2n) is 7.14. The van der Waals surface area contributed by atoms with E-state index in [0.717, 1.165) is 25.7 Å². The van der Waals surface area contributed by atoms with Gasteiger partial charge in [-0.3, -0.25) is 0 Å². The van der Waals surface area contributed by atoms with Gasteiger partial charge < -0.3 is 0 Å². The van der Waals surface area contributed by atoms with Crippen LogP contribution in [-0.4, -0.2) is 22.5 Å². The molecule has 0 aromatic heterocycles. The number of carbonyl (C=O) groups excluding carboxylic acids is 2. The zero-order chi connectivity index (χ0) is 21.6.